The van der Waals surface area contributed by atoms with E-state index in [1.165, 1.54) is 19.2 Å². The number of hydrogen-bond donors (Lipinski definition) is 2. The zero-order valence-corrected chi connectivity index (χ0v) is 15.3. The molecule has 1 heterocycles. The maximum atomic E-state index is 13.1. The Hall–Kier alpha value is -3.34. The summed E-state index contributed by atoms with van der Waals surface area (Å²) in [6.07, 6.45) is -8.15. The van der Waals surface area contributed by atoms with Crippen molar-refractivity contribution in [3.05, 3.63) is 76.2 Å². The van der Waals surface area contributed by atoms with E-state index in [2.05, 4.69) is 16.0 Å². The van der Waals surface area contributed by atoms with Gasteiger partial charge in [0.2, 0.25) is 0 Å². The normalized spacial score (nSPS) is 12.1. The van der Waals surface area contributed by atoms with Gasteiger partial charge in [0.1, 0.15) is 0 Å². The lowest BCUT2D eigenvalue weighted by Gasteiger charge is -2.15. The zero-order chi connectivity index (χ0) is 22.1. The topological polar surface area (TPSA) is 59.0 Å². The minimum Gasteiger partial charge on any atom is -0.319 e. The van der Waals surface area contributed by atoms with Crippen molar-refractivity contribution in [3.8, 4) is 16.8 Å². The summed E-state index contributed by atoms with van der Waals surface area (Å²) < 4.78 is 79.1. The van der Waals surface area contributed by atoms with E-state index in [1.54, 1.807) is 0 Å². The van der Waals surface area contributed by atoms with Crippen LogP contribution in [0.3, 0.4) is 0 Å². The molecule has 0 saturated heterocycles. The summed E-state index contributed by atoms with van der Waals surface area (Å²) in [4.78, 5) is 13.1. The van der Waals surface area contributed by atoms with Crippen LogP contribution in [0.15, 0.2) is 59.5 Å². The number of aromatic nitrogens is 2. The van der Waals surface area contributed by atoms with Crippen LogP contribution in [0.5, 0.6) is 0 Å². The molecule has 0 atom stereocenters. The van der Waals surface area contributed by atoms with Crippen LogP contribution < -0.4 is 16.4 Å². The third kappa shape index (κ3) is 4.30. The molecule has 3 aromatic rings. The van der Waals surface area contributed by atoms with Crippen LogP contribution in [0, 0.1) is 0 Å². The zero-order valence-electron chi connectivity index (χ0n) is 15.3. The van der Waals surface area contributed by atoms with Crippen molar-refractivity contribution in [2.45, 2.75) is 12.4 Å². The molecular weight excluding hydrogens is 414 g/mol. The van der Waals surface area contributed by atoms with Crippen molar-refractivity contribution < 1.29 is 26.3 Å². The van der Waals surface area contributed by atoms with Crippen molar-refractivity contribution in [1.29, 1.82) is 0 Å². The van der Waals surface area contributed by atoms with Gasteiger partial charge < -0.3 is 5.43 Å². The Bertz CT molecular complexity index is 1120. The third-order valence-corrected chi connectivity index (χ3v) is 4.13. The molecule has 1 aromatic heterocycles. The highest BCUT2D eigenvalue weighted by atomic mass is 19.4. The van der Waals surface area contributed by atoms with Gasteiger partial charge in [-0.25, -0.2) is 5.43 Å². The molecule has 0 aliphatic rings. The summed E-state index contributed by atoms with van der Waals surface area (Å²) in [5.74, 6) is 0. The summed E-state index contributed by atoms with van der Waals surface area (Å²) in [7, 11) is 1.47. The van der Waals surface area contributed by atoms with Gasteiger partial charge in [0, 0.05) is 7.05 Å². The molecule has 0 aliphatic carbocycles. The van der Waals surface area contributed by atoms with Crippen LogP contribution in [0.2, 0.25) is 0 Å². The number of rotatable bonds is 4. The van der Waals surface area contributed by atoms with E-state index in [4.69, 9.17) is 0 Å². The van der Waals surface area contributed by atoms with Gasteiger partial charge in [-0.3, -0.25) is 4.79 Å². The van der Waals surface area contributed by atoms with Crippen molar-refractivity contribution in [2.24, 2.45) is 0 Å². The maximum absolute atomic E-state index is 13.1. The van der Waals surface area contributed by atoms with Crippen LogP contribution in [-0.2, 0) is 12.4 Å². The molecule has 2 N–H and O–H groups in total. The summed E-state index contributed by atoms with van der Waals surface area (Å²) in [5.41, 5.74) is 1.90. The molecule has 158 valence electrons. The Morgan fingerprint density at radius 2 is 1.50 bits per heavy atom. The van der Waals surface area contributed by atoms with E-state index in [1.807, 2.05) is 0 Å². The molecule has 0 saturated carbocycles. The van der Waals surface area contributed by atoms with Crippen molar-refractivity contribution in [3.63, 3.8) is 0 Å². The van der Waals surface area contributed by atoms with Gasteiger partial charge in [0.15, 0.2) is 0 Å². The molecule has 11 heteroatoms. The predicted molar refractivity (Wildman–Crippen MR) is 98.0 cm³/mol. The highest BCUT2D eigenvalue weighted by Crippen LogP contribution is 2.33. The Morgan fingerprint density at radius 3 is 2.10 bits per heavy atom. The number of benzene rings is 2. The second-order valence-electron chi connectivity index (χ2n) is 6.15. The van der Waals surface area contributed by atoms with Crippen LogP contribution >= 0.6 is 0 Å². The maximum Gasteiger partial charge on any atom is 0.416 e. The van der Waals surface area contributed by atoms with Gasteiger partial charge in [0.25, 0.3) is 5.56 Å². The lowest BCUT2D eigenvalue weighted by Crippen LogP contribution is -2.26. The second kappa shape index (κ2) is 7.82. The van der Waals surface area contributed by atoms with Gasteiger partial charge in [-0.05, 0) is 35.9 Å². The number of halogens is 6. The first-order chi connectivity index (χ1) is 14.0. The predicted octanol–water partition coefficient (Wildman–Crippen LogP) is 4.48. The van der Waals surface area contributed by atoms with Crippen LogP contribution in [0.1, 0.15) is 11.1 Å². The van der Waals surface area contributed by atoms with Crippen LogP contribution in [0.25, 0.3) is 16.8 Å². The Morgan fingerprint density at radius 1 is 0.900 bits per heavy atom. The third-order valence-electron chi connectivity index (χ3n) is 4.13. The van der Waals surface area contributed by atoms with Crippen LogP contribution in [0.4, 0.5) is 32.0 Å². The summed E-state index contributed by atoms with van der Waals surface area (Å²) in [6.45, 7) is 0. The summed E-state index contributed by atoms with van der Waals surface area (Å²) in [6, 6.07) is 7.98. The quantitative estimate of drug-likeness (QED) is 0.475. The van der Waals surface area contributed by atoms with Crippen molar-refractivity contribution in [2.75, 3.05) is 12.5 Å². The minimum absolute atomic E-state index is 0.0602. The summed E-state index contributed by atoms with van der Waals surface area (Å²) in [5, 5.41) is 3.86. The largest absolute Gasteiger partial charge is 0.416 e. The molecule has 30 heavy (non-hydrogen) atoms. The van der Waals surface area contributed by atoms with Gasteiger partial charge in [-0.15, -0.1) is 0 Å². The number of nitrogens with one attached hydrogen (secondary N) is 2. The molecule has 0 unspecified atom stereocenters. The number of nitrogens with zero attached hydrogens (tertiary/aromatic N) is 2. The Balaban J connectivity index is 2.23. The smallest absolute Gasteiger partial charge is 0.319 e. The molecule has 2 aromatic carbocycles. The Kier molecular flexibility index (Phi) is 5.57. The average molecular weight is 428 g/mol. The molecular formula is C19H14F6N4O. The first-order valence-corrected chi connectivity index (χ1v) is 8.42. The van der Waals surface area contributed by atoms with E-state index in [0.717, 1.165) is 42.6 Å². The minimum atomic E-state index is -4.64. The highest BCUT2D eigenvalue weighted by molar-refractivity contribution is 5.76. The molecule has 0 aliphatic heterocycles. The van der Waals surface area contributed by atoms with E-state index in [-0.39, 0.29) is 22.5 Å². The fourth-order valence-corrected chi connectivity index (χ4v) is 2.81. The Labute approximate surface area is 165 Å². The molecule has 3 rings (SSSR count). The number of alkyl halides is 6. The molecule has 0 bridgehead atoms. The SMILES string of the molecule is CNNc1cnn(-c2cccc(C(F)(F)F)c2)c(=O)c1-c1cccc(C(F)(F)F)c1. The standard InChI is InChI=1S/C19H14F6N4O/c1-26-28-15-10-27-29(14-7-3-6-13(9-14)19(23,24)25)17(30)16(15)11-4-2-5-12(8-11)18(20,21)22/h2-10,26,28H,1H3. The van der Waals surface area contributed by atoms with E-state index < -0.39 is 29.0 Å². The van der Waals surface area contributed by atoms with Gasteiger partial charge >= 0.3 is 12.4 Å². The number of anilines is 1. The summed E-state index contributed by atoms with van der Waals surface area (Å²) >= 11 is 0. The van der Waals surface area contributed by atoms with Gasteiger partial charge in [0.05, 0.1) is 34.3 Å². The lowest BCUT2D eigenvalue weighted by molar-refractivity contribution is -0.138. The first-order valence-electron chi connectivity index (χ1n) is 8.42. The molecule has 0 spiro atoms. The average Bonchev–Trinajstić information content (AvgIpc) is 2.67. The molecule has 0 radical (unpaired) electrons. The second-order valence-corrected chi connectivity index (χ2v) is 6.15. The lowest BCUT2D eigenvalue weighted by atomic mass is 10.0. The van der Waals surface area contributed by atoms with Crippen LogP contribution in [-0.4, -0.2) is 16.8 Å². The fraction of sp³-hybridized carbons (Fsp3) is 0.158. The van der Waals surface area contributed by atoms with E-state index in [9.17, 15) is 31.1 Å². The molecule has 0 fully saturated rings. The number of hydrazine groups is 1. The van der Waals surface area contributed by atoms with Crippen molar-refractivity contribution in [1.82, 2.24) is 15.2 Å². The molecule has 0 amide bonds. The highest BCUT2D eigenvalue weighted by Gasteiger charge is 2.32. The van der Waals surface area contributed by atoms with Gasteiger partial charge in [-0.1, -0.05) is 18.2 Å². The van der Waals surface area contributed by atoms with Gasteiger partial charge in [-0.2, -0.15) is 36.1 Å². The van der Waals surface area contributed by atoms with E-state index >= 15 is 0 Å². The fourth-order valence-electron chi connectivity index (χ4n) is 2.81. The van der Waals surface area contributed by atoms with Crippen molar-refractivity contribution >= 4 is 5.69 Å². The monoisotopic (exact) mass is 428 g/mol. The number of hydrogen-bond acceptors (Lipinski definition) is 4. The molecule has 5 nitrogen and oxygen atoms in total. The first kappa shape index (κ1) is 21.4. The van der Waals surface area contributed by atoms with E-state index in [0.29, 0.717) is 4.68 Å².